The monoisotopic (exact) mass is 313 g/mol. The van der Waals surface area contributed by atoms with Crippen LogP contribution in [0.3, 0.4) is 0 Å². The third-order valence-corrected chi connectivity index (χ3v) is 2.89. The maximum absolute atomic E-state index is 5.87. The Labute approximate surface area is 102 Å². The summed E-state index contributed by atoms with van der Waals surface area (Å²) < 4.78 is 3.22. The number of hydrogen-bond donors (Lipinski definition) is 1. The fourth-order valence-electron chi connectivity index (χ4n) is 1.48. The molecule has 1 atom stereocenters. The Morgan fingerprint density at radius 2 is 2.27 bits per heavy atom. The summed E-state index contributed by atoms with van der Waals surface area (Å²) in [5.41, 5.74) is 8.00. The lowest BCUT2D eigenvalue weighted by molar-refractivity contribution is 0.752. The topological polar surface area (TPSA) is 43.8 Å². The van der Waals surface area contributed by atoms with E-state index in [1.807, 2.05) is 23.8 Å². The minimum absolute atomic E-state index is 0.00892. The van der Waals surface area contributed by atoms with Gasteiger partial charge in [0.05, 0.1) is 18.2 Å². The first-order valence-electron chi connectivity index (χ1n) is 4.72. The van der Waals surface area contributed by atoms with Crippen molar-refractivity contribution in [3.8, 4) is 5.69 Å². The van der Waals surface area contributed by atoms with Gasteiger partial charge in [0.25, 0.3) is 0 Å². The van der Waals surface area contributed by atoms with Gasteiger partial charge in [0.15, 0.2) is 0 Å². The first-order chi connectivity index (χ1) is 7.18. The Kier molecular flexibility index (Phi) is 3.06. The van der Waals surface area contributed by atoms with Crippen molar-refractivity contribution in [2.75, 3.05) is 0 Å². The van der Waals surface area contributed by atoms with Crippen LogP contribution in [-0.2, 0) is 0 Å². The summed E-state index contributed by atoms with van der Waals surface area (Å²) >= 11 is 2.29. The molecule has 0 fully saturated rings. The summed E-state index contributed by atoms with van der Waals surface area (Å²) in [7, 11) is 0. The van der Waals surface area contributed by atoms with E-state index in [0.717, 1.165) is 11.4 Å². The highest BCUT2D eigenvalue weighted by atomic mass is 127. The van der Waals surface area contributed by atoms with Gasteiger partial charge in [-0.05, 0) is 47.7 Å². The largest absolute Gasteiger partial charge is 0.323 e. The molecule has 1 aromatic carbocycles. The Balaban J connectivity index is 2.49. The molecular weight excluding hydrogens is 301 g/mol. The molecule has 2 aromatic rings. The third kappa shape index (κ3) is 2.21. The van der Waals surface area contributed by atoms with Crippen molar-refractivity contribution < 1.29 is 0 Å². The lowest BCUT2D eigenvalue weighted by Gasteiger charge is -2.10. The van der Waals surface area contributed by atoms with Crippen LogP contribution in [0.1, 0.15) is 18.7 Å². The van der Waals surface area contributed by atoms with Crippen LogP contribution in [0, 0.1) is 3.57 Å². The highest BCUT2D eigenvalue weighted by molar-refractivity contribution is 14.1. The molecule has 0 radical (unpaired) electrons. The van der Waals surface area contributed by atoms with E-state index >= 15 is 0 Å². The van der Waals surface area contributed by atoms with Gasteiger partial charge >= 0.3 is 0 Å². The Hall–Kier alpha value is -0.880. The van der Waals surface area contributed by atoms with Crippen molar-refractivity contribution in [3.63, 3.8) is 0 Å². The van der Waals surface area contributed by atoms with Gasteiger partial charge in [0.1, 0.15) is 0 Å². The van der Waals surface area contributed by atoms with E-state index in [4.69, 9.17) is 5.73 Å². The number of halogens is 1. The minimum Gasteiger partial charge on any atom is -0.323 e. The molecule has 0 aliphatic carbocycles. The Morgan fingerprint density at radius 3 is 2.93 bits per heavy atom. The first-order valence-corrected chi connectivity index (χ1v) is 5.80. The smallest absolute Gasteiger partial charge is 0.0994 e. The average Bonchev–Trinajstić information content (AvgIpc) is 2.65. The molecule has 2 rings (SSSR count). The molecule has 15 heavy (non-hydrogen) atoms. The van der Waals surface area contributed by atoms with E-state index in [1.54, 1.807) is 6.33 Å². The molecule has 0 amide bonds. The van der Waals surface area contributed by atoms with Crippen molar-refractivity contribution in [2.24, 2.45) is 5.73 Å². The van der Waals surface area contributed by atoms with E-state index in [0.29, 0.717) is 0 Å². The van der Waals surface area contributed by atoms with Crippen LogP contribution < -0.4 is 5.73 Å². The zero-order chi connectivity index (χ0) is 10.8. The van der Waals surface area contributed by atoms with Crippen molar-refractivity contribution >= 4 is 22.6 Å². The van der Waals surface area contributed by atoms with Gasteiger partial charge in [-0.2, -0.15) is 0 Å². The van der Waals surface area contributed by atoms with E-state index in [9.17, 15) is 0 Å². The highest BCUT2D eigenvalue weighted by Crippen LogP contribution is 2.17. The maximum Gasteiger partial charge on any atom is 0.0994 e. The van der Waals surface area contributed by atoms with Crippen LogP contribution in [-0.4, -0.2) is 9.55 Å². The molecule has 4 heteroatoms. The van der Waals surface area contributed by atoms with Gasteiger partial charge in [0, 0.05) is 15.3 Å². The summed E-state index contributed by atoms with van der Waals surface area (Å²) in [6.07, 6.45) is 3.61. The summed E-state index contributed by atoms with van der Waals surface area (Å²) in [6.45, 7) is 1.96. The summed E-state index contributed by atoms with van der Waals surface area (Å²) in [4.78, 5) is 4.13. The SMILES string of the molecule is CC(N)c1cncn1-c1cccc(I)c1. The maximum atomic E-state index is 5.87. The Morgan fingerprint density at radius 1 is 1.47 bits per heavy atom. The molecule has 3 nitrogen and oxygen atoms in total. The van der Waals surface area contributed by atoms with Gasteiger partial charge < -0.3 is 10.3 Å². The highest BCUT2D eigenvalue weighted by Gasteiger charge is 2.07. The van der Waals surface area contributed by atoms with E-state index in [1.165, 1.54) is 3.57 Å². The molecule has 2 N–H and O–H groups in total. The number of imidazole rings is 1. The molecule has 0 bridgehead atoms. The molecule has 0 spiro atoms. The fraction of sp³-hybridized carbons (Fsp3) is 0.182. The molecular formula is C11H12IN3. The molecule has 1 heterocycles. The minimum atomic E-state index is -0.00892. The summed E-state index contributed by atoms with van der Waals surface area (Å²) in [6, 6.07) is 8.24. The van der Waals surface area contributed by atoms with Crippen LogP contribution in [0.25, 0.3) is 5.69 Å². The van der Waals surface area contributed by atoms with Gasteiger partial charge in [-0.25, -0.2) is 4.98 Å². The molecule has 0 aliphatic rings. The number of nitrogens with two attached hydrogens (primary N) is 1. The lowest BCUT2D eigenvalue weighted by atomic mass is 10.2. The van der Waals surface area contributed by atoms with E-state index in [-0.39, 0.29) is 6.04 Å². The Bertz CT molecular complexity index is 462. The van der Waals surface area contributed by atoms with Gasteiger partial charge in [-0.15, -0.1) is 0 Å². The van der Waals surface area contributed by atoms with Crippen molar-refractivity contribution in [1.82, 2.24) is 9.55 Å². The quantitative estimate of drug-likeness (QED) is 0.866. The first kappa shape index (κ1) is 10.6. The number of nitrogens with zero attached hydrogens (tertiary/aromatic N) is 2. The second kappa shape index (κ2) is 4.32. The lowest BCUT2D eigenvalue weighted by Crippen LogP contribution is -2.10. The molecule has 0 aliphatic heterocycles. The number of benzene rings is 1. The molecule has 78 valence electrons. The summed E-state index contributed by atoms with van der Waals surface area (Å²) in [5, 5.41) is 0. The number of rotatable bonds is 2. The van der Waals surface area contributed by atoms with Crippen LogP contribution in [0.4, 0.5) is 0 Å². The zero-order valence-corrected chi connectivity index (χ0v) is 10.5. The van der Waals surface area contributed by atoms with Crippen LogP contribution in [0.5, 0.6) is 0 Å². The van der Waals surface area contributed by atoms with E-state index in [2.05, 4.69) is 45.8 Å². The second-order valence-electron chi connectivity index (χ2n) is 3.46. The second-order valence-corrected chi connectivity index (χ2v) is 4.70. The van der Waals surface area contributed by atoms with Gasteiger partial charge in [0.2, 0.25) is 0 Å². The normalized spacial score (nSPS) is 12.7. The average molecular weight is 313 g/mol. The predicted molar refractivity (Wildman–Crippen MR) is 68.9 cm³/mol. The molecule has 0 saturated carbocycles. The van der Waals surface area contributed by atoms with Crippen molar-refractivity contribution in [1.29, 1.82) is 0 Å². The standard InChI is InChI=1S/C11H12IN3/c1-8(13)11-6-14-7-15(11)10-4-2-3-9(12)5-10/h2-8H,13H2,1H3. The fourth-order valence-corrected chi connectivity index (χ4v) is 2.01. The summed E-state index contributed by atoms with van der Waals surface area (Å²) in [5.74, 6) is 0. The van der Waals surface area contributed by atoms with Crippen LogP contribution in [0.2, 0.25) is 0 Å². The molecule has 1 aromatic heterocycles. The molecule has 0 saturated heterocycles. The van der Waals surface area contributed by atoms with E-state index < -0.39 is 0 Å². The van der Waals surface area contributed by atoms with Crippen LogP contribution >= 0.6 is 22.6 Å². The predicted octanol–water partition coefficient (Wildman–Crippen LogP) is 2.50. The van der Waals surface area contributed by atoms with Gasteiger partial charge in [-0.1, -0.05) is 6.07 Å². The van der Waals surface area contributed by atoms with Gasteiger partial charge in [-0.3, -0.25) is 0 Å². The third-order valence-electron chi connectivity index (χ3n) is 2.22. The number of hydrogen-bond acceptors (Lipinski definition) is 2. The zero-order valence-electron chi connectivity index (χ0n) is 8.39. The number of aromatic nitrogens is 2. The van der Waals surface area contributed by atoms with Crippen LogP contribution in [0.15, 0.2) is 36.8 Å². The van der Waals surface area contributed by atoms with Crippen molar-refractivity contribution in [2.45, 2.75) is 13.0 Å². The molecule has 1 unspecified atom stereocenters. The van der Waals surface area contributed by atoms with Crippen molar-refractivity contribution in [3.05, 3.63) is 46.1 Å².